The molecule has 0 aliphatic rings. The third-order valence-electron chi connectivity index (χ3n) is 5.56. The molecule has 0 aliphatic heterocycles. The van der Waals surface area contributed by atoms with Gasteiger partial charge in [0.2, 0.25) is 0 Å². The van der Waals surface area contributed by atoms with Gasteiger partial charge in [-0.15, -0.1) is 11.8 Å². The number of non-ortho nitro benzene ring substituents is 1. The molecule has 4 aromatic carbocycles. The van der Waals surface area contributed by atoms with Crippen molar-refractivity contribution in [2.75, 3.05) is 19.5 Å². The molecule has 4 rings (SSSR count). The number of hydrogen-bond acceptors (Lipinski definition) is 5. The average molecular weight is 472 g/mol. The van der Waals surface area contributed by atoms with Crippen LogP contribution >= 0.6 is 11.8 Å². The summed E-state index contributed by atoms with van der Waals surface area (Å²) in [4.78, 5) is 10.6. The Morgan fingerprint density at radius 2 is 1.26 bits per heavy atom. The number of thioether (sulfide) groups is 1. The van der Waals surface area contributed by atoms with Gasteiger partial charge in [0.25, 0.3) is 5.69 Å². The van der Waals surface area contributed by atoms with E-state index in [1.165, 1.54) is 35.9 Å². The molecule has 0 amide bonds. The molecule has 172 valence electrons. The van der Waals surface area contributed by atoms with Crippen molar-refractivity contribution in [2.45, 2.75) is 4.75 Å². The zero-order chi connectivity index (χ0) is 23.8. The number of nitrogens with zero attached hydrogens (tertiary/aromatic N) is 1. The first-order chi connectivity index (χ1) is 16.6. The van der Waals surface area contributed by atoms with Crippen LogP contribution in [-0.4, -0.2) is 24.4 Å². The van der Waals surface area contributed by atoms with Crippen LogP contribution in [0.1, 0.15) is 16.7 Å². The molecule has 0 fully saturated rings. The Kier molecular flexibility index (Phi) is 7.50. The van der Waals surface area contributed by atoms with Gasteiger partial charge in [0.1, 0.15) is 0 Å². The summed E-state index contributed by atoms with van der Waals surface area (Å²) in [7, 11) is 1.48. The van der Waals surface area contributed by atoms with Crippen molar-refractivity contribution in [2.24, 2.45) is 0 Å². The highest BCUT2D eigenvalue weighted by atomic mass is 32.2. The van der Waals surface area contributed by atoms with Crippen LogP contribution < -0.4 is 9.47 Å². The van der Waals surface area contributed by atoms with Crippen LogP contribution in [-0.2, 0) is 4.75 Å². The number of ether oxygens (including phenoxy) is 2. The zero-order valence-corrected chi connectivity index (χ0v) is 19.6. The van der Waals surface area contributed by atoms with E-state index in [9.17, 15) is 10.1 Å². The minimum atomic E-state index is -0.448. The van der Waals surface area contributed by atoms with Crippen molar-refractivity contribution >= 4 is 17.4 Å². The summed E-state index contributed by atoms with van der Waals surface area (Å²) < 4.78 is 10.9. The number of rotatable bonds is 10. The molecule has 0 N–H and O–H groups in total. The molecular weight excluding hydrogens is 446 g/mol. The van der Waals surface area contributed by atoms with Crippen LogP contribution in [0.15, 0.2) is 109 Å². The van der Waals surface area contributed by atoms with Gasteiger partial charge in [0, 0.05) is 11.8 Å². The Balaban J connectivity index is 1.63. The van der Waals surface area contributed by atoms with Gasteiger partial charge in [-0.05, 0) is 22.8 Å². The second-order valence-corrected chi connectivity index (χ2v) is 8.88. The lowest BCUT2D eigenvalue weighted by molar-refractivity contribution is -0.384. The number of hydrogen-bond donors (Lipinski definition) is 0. The lowest BCUT2D eigenvalue weighted by Gasteiger charge is -2.35. The molecule has 0 bridgehead atoms. The minimum Gasteiger partial charge on any atom is -0.493 e. The van der Waals surface area contributed by atoms with E-state index in [0.29, 0.717) is 23.9 Å². The number of nitro groups is 1. The highest BCUT2D eigenvalue weighted by molar-refractivity contribution is 8.00. The van der Waals surface area contributed by atoms with E-state index < -0.39 is 9.67 Å². The molecule has 0 unspecified atom stereocenters. The summed E-state index contributed by atoms with van der Waals surface area (Å²) in [6.45, 7) is 0.410. The van der Waals surface area contributed by atoms with E-state index >= 15 is 0 Å². The largest absolute Gasteiger partial charge is 0.493 e. The fraction of sp³-hybridized carbons (Fsp3) is 0.143. The van der Waals surface area contributed by atoms with Gasteiger partial charge in [-0.25, -0.2) is 0 Å². The van der Waals surface area contributed by atoms with Gasteiger partial charge in [-0.3, -0.25) is 10.1 Å². The maximum absolute atomic E-state index is 11.1. The van der Waals surface area contributed by atoms with Crippen molar-refractivity contribution in [1.82, 2.24) is 0 Å². The number of nitro benzene ring substituents is 1. The maximum Gasteiger partial charge on any atom is 0.273 e. The van der Waals surface area contributed by atoms with Crippen molar-refractivity contribution < 1.29 is 14.4 Å². The SMILES string of the molecule is COc1cc([N+](=O)[O-])ccc1OCCSC(c1ccccc1)(c1ccccc1)c1ccccc1. The van der Waals surface area contributed by atoms with Crippen LogP contribution in [0.2, 0.25) is 0 Å². The fourth-order valence-corrected chi connectivity index (χ4v) is 5.39. The van der Waals surface area contributed by atoms with Gasteiger partial charge >= 0.3 is 0 Å². The first kappa shape index (κ1) is 23.4. The van der Waals surface area contributed by atoms with Crippen molar-refractivity contribution in [1.29, 1.82) is 0 Å². The fourth-order valence-electron chi connectivity index (χ4n) is 4.00. The van der Waals surface area contributed by atoms with Crippen LogP contribution in [0.25, 0.3) is 0 Å². The summed E-state index contributed by atoms with van der Waals surface area (Å²) in [5.74, 6) is 1.51. The predicted molar refractivity (Wildman–Crippen MR) is 137 cm³/mol. The maximum atomic E-state index is 11.1. The second-order valence-electron chi connectivity index (χ2n) is 7.57. The van der Waals surface area contributed by atoms with Crippen LogP contribution in [0.3, 0.4) is 0 Å². The molecule has 0 aliphatic carbocycles. The van der Waals surface area contributed by atoms with E-state index in [-0.39, 0.29) is 5.69 Å². The van der Waals surface area contributed by atoms with Crippen LogP contribution in [0.5, 0.6) is 11.5 Å². The van der Waals surface area contributed by atoms with E-state index in [1.54, 1.807) is 17.8 Å². The molecule has 0 aromatic heterocycles. The first-order valence-electron chi connectivity index (χ1n) is 10.9. The molecule has 4 aromatic rings. The summed E-state index contributed by atoms with van der Waals surface area (Å²) in [5.41, 5.74) is 3.52. The molecule has 6 heteroatoms. The highest BCUT2D eigenvalue weighted by Gasteiger charge is 2.36. The average Bonchev–Trinajstić information content (AvgIpc) is 2.90. The van der Waals surface area contributed by atoms with Gasteiger partial charge < -0.3 is 9.47 Å². The molecule has 0 saturated carbocycles. The van der Waals surface area contributed by atoms with E-state index in [4.69, 9.17) is 9.47 Å². The van der Waals surface area contributed by atoms with E-state index in [0.717, 1.165) is 0 Å². The first-order valence-corrected chi connectivity index (χ1v) is 11.9. The van der Waals surface area contributed by atoms with Gasteiger partial charge in [-0.2, -0.15) is 0 Å². The second kappa shape index (κ2) is 10.9. The Bertz CT molecular complexity index is 1120. The molecule has 0 saturated heterocycles. The smallest absolute Gasteiger partial charge is 0.273 e. The Morgan fingerprint density at radius 1 is 0.765 bits per heavy atom. The Labute approximate surface area is 203 Å². The molecule has 0 atom stereocenters. The highest BCUT2D eigenvalue weighted by Crippen LogP contribution is 2.48. The van der Waals surface area contributed by atoms with E-state index in [1.807, 2.05) is 18.2 Å². The topological polar surface area (TPSA) is 61.6 Å². The van der Waals surface area contributed by atoms with Crippen molar-refractivity contribution in [3.63, 3.8) is 0 Å². The monoisotopic (exact) mass is 471 g/mol. The molecule has 0 spiro atoms. The summed E-state index contributed by atoms with van der Waals surface area (Å²) in [6.07, 6.45) is 0. The van der Waals surface area contributed by atoms with Gasteiger partial charge in [0.15, 0.2) is 11.5 Å². The van der Waals surface area contributed by atoms with Gasteiger partial charge in [-0.1, -0.05) is 91.0 Å². The van der Waals surface area contributed by atoms with Gasteiger partial charge in [0.05, 0.1) is 29.5 Å². The van der Waals surface area contributed by atoms with Crippen molar-refractivity contribution in [3.8, 4) is 11.5 Å². The summed E-state index contributed by atoms with van der Waals surface area (Å²) >= 11 is 1.79. The Hall–Kier alpha value is -3.77. The zero-order valence-electron chi connectivity index (χ0n) is 18.8. The third kappa shape index (κ3) is 4.92. The number of methoxy groups -OCH3 is 1. The molecule has 34 heavy (non-hydrogen) atoms. The van der Waals surface area contributed by atoms with E-state index in [2.05, 4.69) is 72.8 Å². The quantitative estimate of drug-likeness (QED) is 0.111. The predicted octanol–water partition coefficient (Wildman–Crippen LogP) is 6.71. The minimum absolute atomic E-state index is 0.0326. The standard InChI is InChI=1S/C28H25NO4S/c1-32-27-21-25(29(30)31)17-18-26(27)33-19-20-34-28(22-11-5-2-6-12-22,23-13-7-3-8-14-23)24-15-9-4-10-16-24/h2-18,21H,19-20H2,1H3. The van der Waals surface area contributed by atoms with Crippen LogP contribution in [0.4, 0.5) is 5.69 Å². The third-order valence-corrected chi connectivity index (χ3v) is 7.07. The molecule has 0 heterocycles. The lowest BCUT2D eigenvalue weighted by Crippen LogP contribution is -2.27. The molecular formula is C28H25NO4S. The summed E-state index contributed by atoms with van der Waals surface area (Å²) in [5, 5.41) is 11.1. The lowest BCUT2D eigenvalue weighted by atomic mass is 9.84. The van der Waals surface area contributed by atoms with Crippen molar-refractivity contribution in [3.05, 3.63) is 136 Å². The molecule has 0 radical (unpaired) electrons. The normalized spacial score (nSPS) is 11.1. The number of benzene rings is 4. The Morgan fingerprint density at radius 3 is 1.71 bits per heavy atom. The summed E-state index contributed by atoms with van der Waals surface area (Å²) in [6, 6.07) is 35.8. The van der Waals surface area contributed by atoms with Crippen LogP contribution in [0, 0.1) is 10.1 Å². The molecule has 5 nitrogen and oxygen atoms in total.